The summed E-state index contributed by atoms with van der Waals surface area (Å²) in [6.07, 6.45) is 2.04. The van der Waals surface area contributed by atoms with Gasteiger partial charge in [-0.05, 0) is 46.5 Å². The largest absolute Gasteiger partial charge is 0.492 e. The van der Waals surface area contributed by atoms with Gasteiger partial charge in [-0.2, -0.15) is 0 Å². The zero-order chi connectivity index (χ0) is 14.3. The number of rotatable bonds is 7. The molecule has 0 amide bonds. The monoisotopic (exact) mass is 329 g/mol. The van der Waals surface area contributed by atoms with Crippen molar-refractivity contribution in [1.29, 1.82) is 0 Å². The second-order valence-corrected chi connectivity index (χ2v) is 5.17. The number of carbonyl (C=O) groups excluding carboxylic acids is 1. The topological polar surface area (TPSA) is 61.5 Å². The Hall–Kier alpha value is -1.07. The summed E-state index contributed by atoms with van der Waals surface area (Å²) < 4.78 is 10.9. The molecule has 0 spiro atoms. The fraction of sp³-hybridized carbons (Fsp3) is 0.500. The number of ether oxygens (including phenoxy) is 2. The van der Waals surface area contributed by atoms with Crippen LogP contribution in [0.5, 0.6) is 5.75 Å². The van der Waals surface area contributed by atoms with Gasteiger partial charge < -0.3 is 15.2 Å². The maximum absolute atomic E-state index is 11.0. The highest BCUT2D eigenvalue weighted by atomic mass is 79.9. The van der Waals surface area contributed by atoms with Crippen LogP contribution < -0.4 is 10.5 Å². The molecule has 5 heteroatoms. The molecule has 106 valence electrons. The molecule has 2 N–H and O–H groups in total. The zero-order valence-corrected chi connectivity index (χ0v) is 12.9. The van der Waals surface area contributed by atoms with Crippen molar-refractivity contribution in [3.63, 3.8) is 0 Å². The fourth-order valence-electron chi connectivity index (χ4n) is 1.58. The number of esters is 1. The van der Waals surface area contributed by atoms with Gasteiger partial charge in [-0.15, -0.1) is 0 Å². The van der Waals surface area contributed by atoms with Crippen molar-refractivity contribution in [2.75, 3.05) is 13.7 Å². The third-order valence-corrected chi connectivity index (χ3v) is 3.43. The van der Waals surface area contributed by atoms with Crippen LogP contribution in [-0.4, -0.2) is 25.7 Å². The summed E-state index contributed by atoms with van der Waals surface area (Å²) in [5.41, 5.74) is 7.09. The van der Waals surface area contributed by atoms with Gasteiger partial charge >= 0.3 is 5.97 Å². The van der Waals surface area contributed by atoms with Gasteiger partial charge in [-0.1, -0.05) is 13.0 Å². The highest BCUT2D eigenvalue weighted by molar-refractivity contribution is 9.10. The van der Waals surface area contributed by atoms with Gasteiger partial charge in [-0.25, -0.2) is 0 Å². The summed E-state index contributed by atoms with van der Waals surface area (Å²) in [4.78, 5) is 11.0. The van der Waals surface area contributed by atoms with Gasteiger partial charge in [0.05, 0.1) is 24.6 Å². The number of hydrogen-bond donors (Lipinski definition) is 1. The standard InChI is InChI=1S/C14H20BrNO3/c1-3-11(16)8-10-4-5-13(12(15)9-10)19-7-6-14(17)18-2/h4-5,9,11H,3,6-8,16H2,1-2H3. The Labute approximate surface area is 122 Å². The molecule has 1 unspecified atom stereocenters. The summed E-state index contributed by atoms with van der Waals surface area (Å²) in [6, 6.07) is 6.06. The molecule has 19 heavy (non-hydrogen) atoms. The van der Waals surface area contributed by atoms with Crippen LogP contribution >= 0.6 is 15.9 Å². The lowest BCUT2D eigenvalue weighted by Crippen LogP contribution is -2.21. The average Bonchev–Trinajstić information content (AvgIpc) is 2.40. The van der Waals surface area contributed by atoms with Crippen molar-refractivity contribution in [1.82, 2.24) is 0 Å². The SMILES string of the molecule is CCC(N)Cc1ccc(OCCC(=O)OC)c(Br)c1. The van der Waals surface area contributed by atoms with Gasteiger partial charge in [0.15, 0.2) is 0 Å². The van der Waals surface area contributed by atoms with E-state index < -0.39 is 0 Å². The van der Waals surface area contributed by atoms with Crippen LogP contribution in [-0.2, 0) is 16.0 Å². The number of methoxy groups -OCH3 is 1. The summed E-state index contributed by atoms with van der Waals surface area (Å²) in [6.45, 7) is 2.38. The Morgan fingerprint density at radius 3 is 2.79 bits per heavy atom. The summed E-state index contributed by atoms with van der Waals surface area (Å²) in [5.74, 6) is 0.444. The van der Waals surface area contributed by atoms with E-state index in [-0.39, 0.29) is 18.4 Å². The van der Waals surface area contributed by atoms with E-state index in [0.29, 0.717) is 6.61 Å². The summed E-state index contributed by atoms with van der Waals surface area (Å²) in [7, 11) is 1.37. The molecule has 0 aliphatic carbocycles. The summed E-state index contributed by atoms with van der Waals surface area (Å²) >= 11 is 3.46. The second kappa shape index (κ2) is 8.17. The molecule has 0 aliphatic heterocycles. The minimum atomic E-state index is -0.276. The third kappa shape index (κ3) is 5.61. The maximum atomic E-state index is 11.0. The number of carbonyl (C=O) groups is 1. The van der Waals surface area contributed by atoms with E-state index in [1.165, 1.54) is 12.7 Å². The molecule has 1 aromatic carbocycles. The normalized spacial score (nSPS) is 12.0. The minimum Gasteiger partial charge on any atom is -0.492 e. The first-order valence-electron chi connectivity index (χ1n) is 6.30. The molecule has 0 radical (unpaired) electrons. The molecule has 0 bridgehead atoms. The quantitative estimate of drug-likeness (QED) is 0.781. The molecule has 0 aromatic heterocycles. The van der Waals surface area contributed by atoms with Crippen molar-refractivity contribution >= 4 is 21.9 Å². The molecule has 1 atom stereocenters. The first-order valence-corrected chi connectivity index (χ1v) is 7.09. The number of halogens is 1. The number of nitrogens with two attached hydrogens (primary N) is 1. The van der Waals surface area contributed by atoms with E-state index in [9.17, 15) is 4.79 Å². The van der Waals surface area contributed by atoms with Crippen LogP contribution in [0.15, 0.2) is 22.7 Å². The molecule has 0 saturated carbocycles. The van der Waals surface area contributed by atoms with Crippen LogP contribution in [0.3, 0.4) is 0 Å². The molecular formula is C14H20BrNO3. The Morgan fingerprint density at radius 1 is 1.47 bits per heavy atom. The molecule has 0 heterocycles. The first kappa shape index (κ1) is 16.0. The Kier molecular flexibility index (Phi) is 6.87. The number of hydrogen-bond acceptors (Lipinski definition) is 4. The van der Waals surface area contributed by atoms with Crippen LogP contribution in [0.2, 0.25) is 0 Å². The van der Waals surface area contributed by atoms with Gasteiger partial charge in [0.1, 0.15) is 5.75 Å². The predicted molar refractivity (Wildman–Crippen MR) is 78.2 cm³/mol. The lowest BCUT2D eigenvalue weighted by Gasteiger charge is -2.12. The Morgan fingerprint density at radius 2 is 2.21 bits per heavy atom. The fourth-order valence-corrected chi connectivity index (χ4v) is 2.12. The van der Waals surface area contributed by atoms with E-state index in [4.69, 9.17) is 10.5 Å². The highest BCUT2D eigenvalue weighted by Crippen LogP contribution is 2.26. The van der Waals surface area contributed by atoms with Crippen LogP contribution in [0.25, 0.3) is 0 Å². The molecule has 1 aromatic rings. The second-order valence-electron chi connectivity index (χ2n) is 4.31. The van der Waals surface area contributed by atoms with Gasteiger partial charge in [-0.3, -0.25) is 4.79 Å². The van der Waals surface area contributed by atoms with Crippen LogP contribution in [0.1, 0.15) is 25.3 Å². The zero-order valence-electron chi connectivity index (χ0n) is 11.3. The van der Waals surface area contributed by atoms with Crippen molar-refractivity contribution in [2.24, 2.45) is 5.73 Å². The lowest BCUT2D eigenvalue weighted by atomic mass is 10.0. The third-order valence-electron chi connectivity index (χ3n) is 2.81. The minimum absolute atomic E-state index is 0.179. The molecular weight excluding hydrogens is 310 g/mol. The summed E-state index contributed by atoms with van der Waals surface area (Å²) in [5, 5.41) is 0. The molecule has 4 nitrogen and oxygen atoms in total. The van der Waals surface area contributed by atoms with Crippen molar-refractivity contribution < 1.29 is 14.3 Å². The average molecular weight is 330 g/mol. The Bertz CT molecular complexity index is 423. The van der Waals surface area contributed by atoms with E-state index >= 15 is 0 Å². The maximum Gasteiger partial charge on any atom is 0.308 e. The van der Waals surface area contributed by atoms with E-state index in [1.807, 2.05) is 18.2 Å². The van der Waals surface area contributed by atoms with Crippen LogP contribution in [0.4, 0.5) is 0 Å². The lowest BCUT2D eigenvalue weighted by molar-refractivity contribution is -0.141. The molecule has 0 fully saturated rings. The first-order chi connectivity index (χ1) is 9.06. The van der Waals surface area contributed by atoms with Crippen molar-refractivity contribution in [2.45, 2.75) is 32.2 Å². The van der Waals surface area contributed by atoms with Gasteiger partial charge in [0, 0.05) is 6.04 Å². The van der Waals surface area contributed by atoms with Crippen molar-refractivity contribution in [3.05, 3.63) is 28.2 Å². The Balaban J connectivity index is 2.54. The number of benzene rings is 1. The van der Waals surface area contributed by atoms with E-state index in [1.54, 1.807) is 0 Å². The van der Waals surface area contributed by atoms with Gasteiger partial charge in [0.25, 0.3) is 0 Å². The van der Waals surface area contributed by atoms with Gasteiger partial charge in [0.2, 0.25) is 0 Å². The van der Waals surface area contributed by atoms with E-state index in [0.717, 1.165) is 23.1 Å². The molecule has 0 aliphatic rings. The highest BCUT2D eigenvalue weighted by Gasteiger charge is 2.07. The predicted octanol–water partition coefficient (Wildman–Crippen LogP) is 2.67. The molecule has 1 rings (SSSR count). The molecule has 0 saturated heterocycles. The van der Waals surface area contributed by atoms with Crippen molar-refractivity contribution in [3.8, 4) is 5.75 Å². The van der Waals surface area contributed by atoms with E-state index in [2.05, 4.69) is 27.6 Å². The van der Waals surface area contributed by atoms with Crippen LogP contribution in [0, 0.1) is 0 Å². The smallest absolute Gasteiger partial charge is 0.308 e.